The van der Waals surface area contributed by atoms with Crippen LogP contribution in [-0.2, 0) is 13.6 Å². The molecular weight excluding hydrogens is 198 g/mol. The first-order valence-electron chi connectivity index (χ1n) is 5.42. The molecule has 2 rings (SSSR count). The quantitative estimate of drug-likeness (QED) is 0.834. The molecule has 1 heterocycles. The van der Waals surface area contributed by atoms with Crippen LogP contribution >= 0.6 is 0 Å². The van der Waals surface area contributed by atoms with Gasteiger partial charge in [0.15, 0.2) is 0 Å². The van der Waals surface area contributed by atoms with Gasteiger partial charge in [0.1, 0.15) is 5.82 Å². The van der Waals surface area contributed by atoms with Gasteiger partial charge in [0.05, 0.1) is 5.69 Å². The zero-order chi connectivity index (χ0) is 11.7. The van der Waals surface area contributed by atoms with Crippen LogP contribution in [0.4, 0.5) is 0 Å². The highest BCUT2D eigenvalue weighted by Crippen LogP contribution is 2.21. The number of hydrogen-bond acceptors (Lipinski definition) is 2. The summed E-state index contributed by atoms with van der Waals surface area (Å²) in [7, 11) is 2.02. The lowest BCUT2D eigenvalue weighted by Gasteiger charge is -2.03. The second-order valence-electron chi connectivity index (χ2n) is 4.10. The van der Waals surface area contributed by atoms with Crippen molar-refractivity contribution in [1.82, 2.24) is 9.55 Å². The van der Waals surface area contributed by atoms with E-state index >= 15 is 0 Å². The van der Waals surface area contributed by atoms with Gasteiger partial charge in [-0.1, -0.05) is 29.8 Å². The van der Waals surface area contributed by atoms with Gasteiger partial charge in [0, 0.05) is 24.8 Å². The summed E-state index contributed by atoms with van der Waals surface area (Å²) in [4.78, 5) is 4.57. The van der Waals surface area contributed by atoms with Gasteiger partial charge in [-0.2, -0.15) is 0 Å². The molecule has 0 radical (unpaired) electrons. The van der Waals surface area contributed by atoms with Crippen LogP contribution in [0.5, 0.6) is 0 Å². The maximum atomic E-state index is 5.66. The van der Waals surface area contributed by atoms with Crippen molar-refractivity contribution in [3.8, 4) is 11.4 Å². The van der Waals surface area contributed by atoms with Crippen molar-refractivity contribution in [2.45, 2.75) is 20.4 Å². The minimum atomic E-state index is 0.492. The highest BCUT2D eigenvalue weighted by molar-refractivity contribution is 5.57. The second-order valence-corrected chi connectivity index (χ2v) is 4.10. The number of nitrogens with zero attached hydrogens (tertiary/aromatic N) is 2. The average molecular weight is 215 g/mol. The molecule has 0 saturated carbocycles. The fourth-order valence-electron chi connectivity index (χ4n) is 1.79. The Labute approximate surface area is 95.9 Å². The molecule has 84 valence electrons. The fraction of sp³-hybridized carbons (Fsp3) is 0.308. The smallest absolute Gasteiger partial charge is 0.140 e. The molecule has 2 aromatic rings. The van der Waals surface area contributed by atoms with Crippen molar-refractivity contribution in [3.63, 3.8) is 0 Å². The molecule has 1 aromatic heterocycles. The van der Waals surface area contributed by atoms with E-state index in [1.165, 1.54) is 5.56 Å². The van der Waals surface area contributed by atoms with Crippen LogP contribution < -0.4 is 5.73 Å². The summed E-state index contributed by atoms with van der Waals surface area (Å²) < 4.78 is 2.09. The van der Waals surface area contributed by atoms with Gasteiger partial charge < -0.3 is 10.3 Å². The topological polar surface area (TPSA) is 43.8 Å². The van der Waals surface area contributed by atoms with E-state index in [0.29, 0.717) is 6.54 Å². The third kappa shape index (κ3) is 1.74. The van der Waals surface area contributed by atoms with Gasteiger partial charge in [0.25, 0.3) is 0 Å². The van der Waals surface area contributed by atoms with Crippen molar-refractivity contribution in [3.05, 3.63) is 41.2 Å². The molecular formula is C13H17N3. The van der Waals surface area contributed by atoms with Crippen molar-refractivity contribution in [2.24, 2.45) is 12.8 Å². The van der Waals surface area contributed by atoms with Crippen LogP contribution in [0.3, 0.4) is 0 Å². The Hall–Kier alpha value is -1.61. The minimum absolute atomic E-state index is 0.492. The number of rotatable bonds is 2. The Kier molecular flexibility index (Phi) is 2.79. The SMILES string of the molecule is Cc1ccc(-c2nc(CN)c(C)n2C)cc1. The van der Waals surface area contributed by atoms with Crippen LogP contribution in [0.2, 0.25) is 0 Å². The van der Waals surface area contributed by atoms with Crippen molar-refractivity contribution in [2.75, 3.05) is 0 Å². The second kappa shape index (κ2) is 4.10. The number of hydrogen-bond donors (Lipinski definition) is 1. The molecule has 0 atom stereocenters. The Morgan fingerprint density at radius 1 is 1.19 bits per heavy atom. The molecule has 1 aromatic carbocycles. The molecule has 0 saturated heterocycles. The largest absolute Gasteiger partial charge is 0.331 e. The van der Waals surface area contributed by atoms with Gasteiger partial charge in [0.2, 0.25) is 0 Å². The van der Waals surface area contributed by atoms with Crippen LogP contribution in [0.25, 0.3) is 11.4 Å². The van der Waals surface area contributed by atoms with E-state index in [1.54, 1.807) is 0 Å². The zero-order valence-electron chi connectivity index (χ0n) is 9.99. The lowest BCUT2D eigenvalue weighted by Crippen LogP contribution is -1.99. The van der Waals surface area contributed by atoms with Gasteiger partial charge in [-0.3, -0.25) is 0 Å². The minimum Gasteiger partial charge on any atom is -0.331 e. The summed E-state index contributed by atoms with van der Waals surface area (Å²) in [5.74, 6) is 0.984. The average Bonchev–Trinajstić information content (AvgIpc) is 2.57. The molecule has 16 heavy (non-hydrogen) atoms. The highest BCUT2D eigenvalue weighted by Gasteiger charge is 2.10. The first-order chi connectivity index (χ1) is 7.63. The standard InChI is InChI=1S/C13H17N3/c1-9-4-6-11(7-5-9)13-15-12(8-14)10(2)16(13)3/h4-7H,8,14H2,1-3H3. The van der Waals surface area contributed by atoms with E-state index in [1.807, 2.05) is 14.0 Å². The zero-order valence-corrected chi connectivity index (χ0v) is 9.99. The summed E-state index contributed by atoms with van der Waals surface area (Å²) in [6.45, 7) is 4.62. The van der Waals surface area contributed by atoms with E-state index in [9.17, 15) is 0 Å². The molecule has 3 nitrogen and oxygen atoms in total. The monoisotopic (exact) mass is 215 g/mol. The van der Waals surface area contributed by atoms with Crippen molar-refractivity contribution >= 4 is 0 Å². The molecule has 0 aliphatic heterocycles. The van der Waals surface area contributed by atoms with E-state index in [2.05, 4.69) is 40.7 Å². The third-order valence-corrected chi connectivity index (χ3v) is 2.98. The number of aromatic nitrogens is 2. The van der Waals surface area contributed by atoms with Crippen molar-refractivity contribution < 1.29 is 0 Å². The number of imidazole rings is 1. The van der Waals surface area contributed by atoms with Gasteiger partial charge in [-0.25, -0.2) is 4.98 Å². The number of aryl methyl sites for hydroxylation is 1. The van der Waals surface area contributed by atoms with Crippen molar-refractivity contribution in [1.29, 1.82) is 0 Å². The van der Waals surface area contributed by atoms with Crippen LogP contribution in [0.15, 0.2) is 24.3 Å². The molecule has 0 spiro atoms. The first-order valence-corrected chi connectivity index (χ1v) is 5.42. The first kappa shape index (κ1) is 10.9. The Morgan fingerprint density at radius 3 is 2.31 bits per heavy atom. The Morgan fingerprint density at radius 2 is 1.81 bits per heavy atom. The molecule has 0 bridgehead atoms. The molecule has 2 N–H and O–H groups in total. The van der Waals surface area contributed by atoms with Crippen LogP contribution in [-0.4, -0.2) is 9.55 Å². The maximum Gasteiger partial charge on any atom is 0.140 e. The lowest BCUT2D eigenvalue weighted by molar-refractivity contribution is 0.873. The predicted octanol–water partition coefficient (Wildman–Crippen LogP) is 2.16. The molecule has 0 amide bonds. The summed E-state index contributed by atoms with van der Waals surface area (Å²) in [5, 5.41) is 0. The molecule has 0 fully saturated rings. The molecule has 0 aliphatic rings. The van der Waals surface area contributed by atoms with Gasteiger partial charge in [-0.15, -0.1) is 0 Å². The lowest BCUT2D eigenvalue weighted by atomic mass is 10.1. The molecule has 0 aliphatic carbocycles. The maximum absolute atomic E-state index is 5.66. The van der Waals surface area contributed by atoms with E-state index in [0.717, 1.165) is 22.8 Å². The van der Waals surface area contributed by atoms with Crippen LogP contribution in [0, 0.1) is 13.8 Å². The van der Waals surface area contributed by atoms with E-state index in [-0.39, 0.29) is 0 Å². The summed E-state index contributed by atoms with van der Waals surface area (Å²) in [6.07, 6.45) is 0. The van der Waals surface area contributed by atoms with E-state index < -0.39 is 0 Å². The molecule has 3 heteroatoms. The van der Waals surface area contributed by atoms with Gasteiger partial charge >= 0.3 is 0 Å². The number of nitrogens with two attached hydrogens (primary N) is 1. The normalized spacial score (nSPS) is 10.8. The third-order valence-electron chi connectivity index (χ3n) is 2.98. The van der Waals surface area contributed by atoms with Crippen LogP contribution in [0.1, 0.15) is 17.0 Å². The Bertz CT molecular complexity index is 495. The predicted molar refractivity (Wildman–Crippen MR) is 66.0 cm³/mol. The fourth-order valence-corrected chi connectivity index (χ4v) is 1.79. The Balaban J connectivity index is 2.52. The van der Waals surface area contributed by atoms with Gasteiger partial charge in [-0.05, 0) is 13.8 Å². The summed E-state index contributed by atoms with van der Waals surface area (Å²) >= 11 is 0. The van der Waals surface area contributed by atoms with E-state index in [4.69, 9.17) is 5.73 Å². The summed E-state index contributed by atoms with van der Waals surface area (Å²) in [6, 6.07) is 8.39. The summed E-state index contributed by atoms with van der Waals surface area (Å²) in [5.41, 5.74) is 10.2. The highest BCUT2D eigenvalue weighted by atomic mass is 15.1. The number of benzene rings is 1. The molecule has 0 unspecified atom stereocenters.